The predicted molar refractivity (Wildman–Crippen MR) is 155 cm³/mol. The van der Waals surface area contributed by atoms with Crippen LogP contribution in [0.2, 0.25) is 0 Å². The van der Waals surface area contributed by atoms with E-state index in [0.29, 0.717) is 11.3 Å². The molecule has 0 aliphatic rings. The van der Waals surface area contributed by atoms with Gasteiger partial charge in [0, 0.05) is 33.0 Å². The van der Waals surface area contributed by atoms with Gasteiger partial charge in [0.05, 0.1) is 21.9 Å². The highest BCUT2D eigenvalue weighted by Crippen LogP contribution is 2.45. The SMILES string of the molecule is Oc1ccc2c(c1)oc1cc3cc4c5ccc(O)c6c7cc(-c8ccccc8)ccc7n(c4cc3cc12)c56. The van der Waals surface area contributed by atoms with Crippen molar-refractivity contribution in [3.05, 3.63) is 103 Å². The molecule has 38 heavy (non-hydrogen) atoms. The van der Waals surface area contributed by atoms with Gasteiger partial charge in [-0.1, -0.05) is 36.4 Å². The Kier molecular flexibility index (Phi) is 3.54. The number of hydrogen-bond acceptors (Lipinski definition) is 3. The van der Waals surface area contributed by atoms with Crippen LogP contribution < -0.4 is 0 Å². The van der Waals surface area contributed by atoms with Crippen LogP contribution in [0.3, 0.4) is 0 Å². The van der Waals surface area contributed by atoms with Gasteiger partial charge in [-0.3, -0.25) is 0 Å². The first-order valence-electron chi connectivity index (χ1n) is 12.6. The zero-order chi connectivity index (χ0) is 25.1. The molecular formula is C34H19NO3. The Morgan fingerprint density at radius 2 is 1.32 bits per heavy atom. The van der Waals surface area contributed by atoms with Gasteiger partial charge >= 0.3 is 0 Å². The van der Waals surface area contributed by atoms with E-state index in [1.807, 2.05) is 36.4 Å². The van der Waals surface area contributed by atoms with Crippen molar-refractivity contribution in [3.63, 3.8) is 0 Å². The summed E-state index contributed by atoms with van der Waals surface area (Å²) >= 11 is 0. The van der Waals surface area contributed by atoms with E-state index in [1.54, 1.807) is 12.1 Å². The summed E-state index contributed by atoms with van der Waals surface area (Å²) in [5.41, 5.74) is 6.98. The molecule has 4 nitrogen and oxygen atoms in total. The third-order valence-corrected chi connectivity index (χ3v) is 8.05. The average Bonchev–Trinajstić information content (AvgIpc) is 3.57. The van der Waals surface area contributed by atoms with E-state index in [0.717, 1.165) is 76.3 Å². The molecule has 0 aliphatic carbocycles. The molecule has 0 bridgehead atoms. The molecule has 4 heteroatoms. The molecule has 0 saturated carbocycles. The molecule has 9 aromatic rings. The molecule has 2 N–H and O–H groups in total. The molecule has 0 unspecified atom stereocenters. The fourth-order valence-electron chi connectivity index (χ4n) is 6.36. The molecule has 3 aromatic heterocycles. The summed E-state index contributed by atoms with van der Waals surface area (Å²) in [5, 5.41) is 29.3. The summed E-state index contributed by atoms with van der Waals surface area (Å²) in [6.07, 6.45) is 0. The number of phenolic OH excluding ortho intramolecular Hbond substituents is 2. The van der Waals surface area contributed by atoms with Gasteiger partial charge in [0.1, 0.15) is 22.7 Å². The molecule has 0 atom stereocenters. The number of benzene rings is 6. The minimum atomic E-state index is 0.193. The number of furan rings is 1. The maximum absolute atomic E-state index is 11.0. The van der Waals surface area contributed by atoms with Crippen LogP contribution in [0, 0.1) is 0 Å². The Hall–Kier alpha value is -5.22. The number of rotatable bonds is 1. The van der Waals surface area contributed by atoms with Crippen LogP contribution in [0.5, 0.6) is 11.5 Å². The van der Waals surface area contributed by atoms with Crippen LogP contribution in [0.4, 0.5) is 0 Å². The van der Waals surface area contributed by atoms with Gasteiger partial charge < -0.3 is 19.0 Å². The lowest BCUT2D eigenvalue weighted by molar-refractivity contribution is 0.475. The van der Waals surface area contributed by atoms with Gasteiger partial charge in [-0.25, -0.2) is 0 Å². The fourth-order valence-corrected chi connectivity index (χ4v) is 6.36. The van der Waals surface area contributed by atoms with Crippen molar-refractivity contribution in [3.8, 4) is 22.6 Å². The monoisotopic (exact) mass is 489 g/mol. The minimum absolute atomic E-state index is 0.193. The third kappa shape index (κ3) is 2.44. The maximum Gasteiger partial charge on any atom is 0.139 e. The molecule has 0 spiro atoms. The Morgan fingerprint density at radius 3 is 2.21 bits per heavy atom. The second kappa shape index (κ2) is 6.75. The molecule has 0 radical (unpaired) electrons. The second-order valence-corrected chi connectivity index (χ2v) is 10.1. The van der Waals surface area contributed by atoms with E-state index in [9.17, 15) is 10.2 Å². The number of hydrogen-bond donors (Lipinski definition) is 2. The first kappa shape index (κ1) is 19.9. The molecule has 178 valence electrons. The highest BCUT2D eigenvalue weighted by molar-refractivity contribution is 6.27. The second-order valence-electron chi connectivity index (χ2n) is 10.1. The van der Waals surface area contributed by atoms with Gasteiger partial charge in [-0.15, -0.1) is 0 Å². The van der Waals surface area contributed by atoms with Gasteiger partial charge in [0.2, 0.25) is 0 Å². The molecule has 0 amide bonds. The minimum Gasteiger partial charge on any atom is -0.508 e. The number of aromatic nitrogens is 1. The smallest absolute Gasteiger partial charge is 0.139 e. The number of fused-ring (bicyclic) bond motifs is 10. The molecular weight excluding hydrogens is 470 g/mol. The van der Waals surface area contributed by atoms with E-state index in [1.165, 1.54) is 0 Å². The van der Waals surface area contributed by atoms with Crippen molar-refractivity contribution in [2.45, 2.75) is 0 Å². The van der Waals surface area contributed by atoms with E-state index >= 15 is 0 Å². The molecule has 9 rings (SSSR count). The summed E-state index contributed by atoms with van der Waals surface area (Å²) < 4.78 is 8.38. The first-order chi connectivity index (χ1) is 18.6. The van der Waals surface area contributed by atoms with Crippen LogP contribution in [-0.2, 0) is 0 Å². The largest absolute Gasteiger partial charge is 0.508 e. The Morgan fingerprint density at radius 1 is 0.526 bits per heavy atom. The number of aromatic hydroxyl groups is 2. The lowest BCUT2D eigenvalue weighted by atomic mass is 10.0. The van der Waals surface area contributed by atoms with Crippen molar-refractivity contribution < 1.29 is 14.6 Å². The molecule has 6 aromatic carbocycles. The maximum atomic E-state index is 11.0. The quantitative estimate of drug-likeness (QED) is 0.242. The van der Waals surface area contributed by atoms with Crippen LogP contribution >= 0.6 is 0 Å². The van der Waals surface area contributed by atoms with E-state index in [4.69, 9.17) is 4.42 Å². The first-order valence-corrected chi connectivity index (χ1v) is 12.6. The average molecular weight is 490 g/mol. The molecule has 0 saturated heterocycles. The number of phenols is 2. The fraction of sp³-hybridized carbons (Fsp3) is 0. The predicted octanol–water partition coefficient (Wildman–Crippen LogP) is 8.97. The van der Waals surface area contributed by atoms with Gasteiger partial charge in [-0.2, -0.15) is 0 Å². The summed E-state index contributed by atoms with van der Waals surface area (Å²) in [6.45, 7) is 0. The van der Waals surface area contributed by atoms with Gasteiger partial charge in [0.25, 0.3) is 0 Å². The van der Waals surface area contributed by atoms with Crippen LogP contribution in [0.25, 0.3) is 81.9 Å². The van der Waals surface area contributed by atoms with E-state index in [2.05, 4.69) is 59.0 Å². The lowest BCUT2D eigenvalue weighted by Gasteiger charge is -2.05. The van der Waals surface area contributed by atoms with Crippen molar-refractivity contribution in [2.75, 3.05) is 0 Å². The standard InChI is InChI=1S/C34H19NO3/c36-22-7-8-23-26-14-20-15-29-25(13-21(20)16-31(26)38-32(23)17-22)24-9-11-30(37)33-27-12-19(18-4-2-1-3-5-18)6-10-28(27)35(29)34(24)33/h1-17,36-37H. The van der Waals surface area contributed by atoms with E-state index < -0.39 is 0 Å². The van der Waals surface area contributed by atoms with Gasteiger partial charge in [-0.05, 0) is 82.6 Å². The zero-order valence-corrected chi connectivity index (χ0v) is 20.1. The summed E-state index contributed by atoms with van der Waals surface area (Å²) in [7, 11) is 0. The Balaban J connectivity index is 1.41. The normalized spacial score (nSPS) is 12.4. The highest BCUT2D eigenvalue weighted by atomic mass is 16.3. The molecule has 0 fully saturated rings. The zero-order valence-electron chi connectivity index (χ0n) is 20.1. The van der Waals surface area contributed by atoms with Crippen molar-refractivity contribution in [1.82, 2.24) is 4.40 Å². The Labute approximate surface area is 215 Å². The summed E-state index contributed by atoms with van der Waals surface area (Å²) in [4.78, 5) is 0. The highest BCUT2D eigenvalue weighted by Gasteiger charge is 2.21. The van der Waals surface area contributed by atoms with Crippen molar-refractivity contribution >= 4 is 70.8 Å². The Bertz CT molecular complexity index is 2410. The van der Waals surface area contributed by atoms with Crippen molar-refractivity contribution in [2.24, 2.45) is 0 Å². The van der Waals surface area contributed by atoms with Crippen LogP contribution in [0.15, 0.2) is 108 Å². The summed E-state index contributed by atoms with van der Waals surface area (Å²) in [5.74, 6) is 0.487. The van der Waals surface area contributed by atoms with Crippen LogP contribution in [-0.4, -0.2) is 14.6 Å². The molecule has 0 aliphatic heterocycles. The lowest BCUT2D eigenvalue weighted by Crippen LogP contribution is -1.83. The molecule has 3 heterocycles. The van der Waals surface area contributed by atoms with Gasteiger partial charge in [0.15, 0.2) is 0 Å². The van der Waals surface area contributed by atoms with Crippen molar-refractivity contribution in [1.29, 1.82) is 0 Å². The summed E-state index contributed by atoms with van der Waals surface area (Å²) in [6, 6.07) is 34.7. The third-order valence-electron chi connectivity index (χ3n) is 8.05. The van der Waals surface area contributed by atoms with E-state index in [-0.39, 0.29) is 5.75 Å². The topological polar surface area (TPSA) is 58.0 Å². The van der Waals surface area contributed by atoms with Crippen LogP contribution in [0.1, 0.15) is 0 Å². The number of nitrogens with zero attached hydrogens (tertiary/aromatic N) is 1.